The highest BCUT2D eigenvalue weighted by Crippen LogP contribution is 2.33. The molecule has 1 heterocycles. The molecule has 8 heteroatoms. The zero-order valence-electron chi connectivity index (χ0n) is 25.5. The number of aliphatic hydroxyl groups excluding tert-OH is 2. The molecule has 0 fully saturated rings. The minimum absolute atomic E-state index is 0.0000600. The number of hydrogen-bond donors (Lipinski definition) is 4. The normalized spacial score (nSPS) is 22.5. The molecule has 0 radical (unpaired) electrons. The number of phenolic OH excluding ortho intramolecular Hbond substituents is 1. The number of hydrogen-bond acceptors (Lipinski definition) is 7. The van der Waals surface area contributed by atoms with Crippen LogP contribution in [-0.4, -0.2) is 59.2 Å². The highest BCUT2D eigenvalue weighted by molar-refractivity contribution is 5.94. The minimum Gasteiger partial charge on any atom is -0.507 e. The van der Waals surface area contributed by atoms with Crippen molar-refractivity contribution in [1.29, 1.82) is 0 Å². The quantitative estimate of drug-likeness (QED) is 0.170. The summed E-state index contributed by atoms with van der Waals surface area (Å²) in [6, 6.07) is 12.6. The Hall–Kier alpha value is -3.88. The summed E-state index contributed by atoms with van der Waals surface area (Å²) < 4.78 is 11.2. The Labute approximate surface area is 254 Å². The summed E-state index contributed by atoms with van der Waals surface area (Å²) in [6.45, 7) is 6.08. The summed E-state index contributed by atoms with van der Waals surface area (Å²) in [7, 11) is 1.47. The summed E-state index contributed by atoms with van der Waals surface area (Å²) in [5.74, 6) is -1.44. The number of amides is 1. The van der Waals surface area contributed by atoms with E-state index in [0.717, 1.165) is 5.56 Å². The first-order valence-corrected chi connectivity index (χ1v) is 14.9. The lowest BCUT2D eigenvalue weighted by atomic mass is 9.85. The van der Waals surface area contributed by atoms with Crippen LogP contribution in [0.4, 0.5) is 0 Å². The van der Waals surface area contributed by atoms with Gasteiger partial charge in [0.05, 0.1) is 19.3 Å². The standard InChI is InChI=1S/C35H45NO7/c1-23-12-8-9-16-31(43-35(41)33-27(21-29(23)37)20-28(42-4)22-30(33)38)25(3)34(40)24(2)13-10-11-19-36-32(39)18-17-26-14-6-5-7-15-26/h5-11,14-15,17-18,20,22-25,29,31,34,37-38,40H,12-13,16,19,21H2,1-4H3,(H,36,39)/b9-8-,11-10-,18-17+/t23-,24+,25+,29+,31-,34+/m0/s1. The number of carbonyl (C=O) groups excluding carboxylic acids is 2. The molecule has 232 valence electrons. The number of esters is 1. The maximum atomic E-state index is 13.4. The molecule has 8 nitrogen and oxygen atoms in total. The monoisotopic (exact) mass is 591 g/mol. The van der Waals surface area contributed by atoms with Crippen molar-refractivity contribution in [2.75, 3.05) is 13.7 Å². The Balaban J connectivity index is 1.63. The van der Waals surface area contributed by atoms with Gasteiger partial charge in [-0.25, -0.2) is 4.79 Å². The maximum Gasteiger partial charge on any atom is 0.342 e. The van der Waals surface area contributed by atoms with Gasteiger partial charge in [0.2, 0.25) is 5.91 Å². The molecule has 0 spiro atoms. The van der Waals surface area contributed by atoms with Gasteiger partial charge in [-0.1, -0.05) is 75.4 Å². The van der Waals surface area contributed by atoms with Crippen molar-refractivity contribution in [2.45, 2.75) is 64.8 Å². The zero-order chi connectivity index (χ0) is 31.4. The van der Waals surface area contributed by atoms with E-state index in [-0.39, 0.29) is 35.5 Å². The van der Waals surface area contributed by atoms with Crippen LogP contribution in [0.15, 0.2) is 72.8 Å². The number of allylic oxidation sites excluding steroid dienone is 2. The van der Waals surface area contributed by atoms with Crippen molar-refractivity contribution in [3.63, 3.8) is 0 Å². The second-order valence-corrected chi connectivity index (χ2v) is 11.3. The number of aliphatic hydroxyl groups is 2. The molecule has 3 rings (SSSR count). The first kappa shape index (κ1) is 33.6. The average Bonchev–Trinajstić information content (AvgIpc) is 2.99. The number of cyclic esters (lactones) is 1. The van der Waals surface area contributed by atoms with Gasteiger partial charge in [0, 0.05) is 31.0 Å². The molecule has 1 aliphatic rings. The van der Waals surface area contributed by atoms with Gasteiger partial charge >= 0.3 is 5.97 Å². The topological polar surface area (TPSA) is 125 Å². The first-order chi connectivity index (χ1) is 20.6. The van der Waals surface area contributed by atoms with Gasteiger partial charge < -0.3 is 30.1 Å². The fourth-order valence-electron chi connectivity index (χ4n) is 5.09. The van der Waals surface area contributed by atoms with Crippen molar-refractivity contribution in [1.82, 2.24) is 5.32 Å². The second-order valence-electron chi connectivity index (χ2n) is 11.3. The minimum atomic E-state index is -0.781. The summed E-state index contributed by atoms with van der Waals surface area (Å²) in [6.07, 6.45) is 10.5. The summed E-state index contributed by atoms with van der Waals surface area (Å²) in [5.41, 5.74) is 1.39. The van der Waals surface area contributed by atoms with Gasteiger partial charge in [-0.3, -0.25) is 4.79 Å². The number of phenols is 1. The largest absolute Gasteiger partial charge is 0.507 e. The van der Waals surface area contributed by atoms with Crippen LogP contribution >= 0.6 is 0 Å². The lowest BCUT2D eigenvalue weighted by Crippen LogP contribution is -2.37. The van der Waals surface area contributed by atoms with Crippen LogP contribution in [0.2, 0.25) is 0 Å². The number of aromatic hydroxyl groups is 1. The Morgan fingerprint density at radius 3 is 2.58 bits per heavy atom. The van der Waals surface area contributed by atoms with E-state index in [1.807, 2.05) is 75.4 Å². The van der Waals surface area contributed by atoms with Crippen LogP contribution in [0.5, 0.6) is 11.5 Å². The highest BCUT2D eigenvalue weighted by Gasteiger charge is 2.32. The lowest BCUT2D eigenvalue weighted by Gasteiger charge is -2.31. The fraction of sp³-hybridized carbons (Fsp3) is 0.429. The molecule has 1 aliphatic heterocycles. The van der Waals surface area contributed by atoms with Crippen LogP contribution in [0, 0.1) is 17.8 Å². The van der Waals surface area contributed by atoms with E-state index in [2.05, 4.69) is 5.32 Å². The van der Waals surface area contributed by atoms with E-state index in [0.29, 0.717) is 37.1 Å². The SMILES string of the molecule is COc1cc(O)c2c(c1)C[C@@H](O)[C@@H](C)C/C=C\C[C@@H]([C@@H](C)[C@H](O)[C@H](C)C/C=C\CNC(=O)/C=C/c1ccccc1)OC2=O. The number of carbonyl (C=O) groups is 2. The van der Waals surface area contributed by atoms with Crippen molar-refractivity contribution < 1.29 is 34.4 Å². The molecular weight excluding hydrogens is 546 g/mol. The number of benzene rings is 2. The molecule has 1 amide bonds. The summed E-state index contributed by atoms with van der Waals surface area (Å²) >= 11 is 0. The number of fused-ring (bicyclic) bond motifs is 1. The van der Waals surface area contributed by atoms with Crippen LogP contribution in [-0.2, 0) is 16.0 Å². The smallest absolute Gasteiger partial charge is 0.342 e. The number of ether oxygens (including phenoxy) is 2. The molecule has 43 heavy (non-hydrogen) atoms. The predicted octanol–water partition coefficient (Wildman–Crippen LogP) is 5.22. The molecule has 0 saturated carbocycles. The third kappa shape index (κ3) is 10.1. The van der Waals surface area contributed by atoms with Crippen LogP contribution in [0.25, 0.3) is 6.08 Å². The van der Waals surface area contributed by atoms with Gasteiger partial charge in [-0.15, -0.1) is 0 Å². The van der Waals surface area contributed by atoms with Crippen LogP contribution in [0.1, 0.15) is 61.5 Å². The molecule has 2 aromatic carbocycles. The second kappa shape index (κ2) is 16.7. The van der Waals surface area contributed by atoms with Gasteiger partial charge in [-0.05, 0) is 54.4 Å². The number of methoxy groups -OCH3 is 1. The molecule has 4 N–H and O–H groups in total. The fourth-order valence-corrected chi connectivity index (χ4v) is 5.09. The number of nitrogens with one attached hydrogen (secondary N) is 1. The third-order valence-electron chi connectivity index (χ3n) is 8.00. The maximum absolute atomic E-state index is 13.4. The van der Waals surface area contributed by atoms with Crippen molar-refractivity contribution in [3.8, 4) is 11.5 Å². The average molecular weight is 592 g/mol. The first-order valence-electron chi connectivity index (χ1n) is 14.9. The molecule has 2 aromatic rings. The number of rotatable bonds is 10. The van der Waals surface area contributed by atoms with E-state index >= 15 is 0 Å². The molecule has 0 bridgehead atoms. The molecule has 6 atom stereocenters. The molecule has 0 saturated heterocycles. The molecular formula is C35H45NO7. The van der Waals surface area contributed by atoms with E-state index < -0.39 is 30.2 Å². The summed E-state index contributed by atoms with van der Waals surface area (Å²) in [5, 5.41) is 35.5. The van der Waals surface area contributed by atoms with Crippen molar-refractivity contribution in [3.05, 3.63) is 89.5 Å². The zero-order valence-corrected chi connectivity index (χ0v) is 25.5. The molecule has 0 aromatic heterocycles. The Kier molecular flexibility index (Phi) is 13.0. The summed E-state index contributed by atoms with van der Waals surface area (Å²) in [4.78, 5) is 25.5. The Morgan fingerprint density at radius 2 is 1.86 bits per heavy atom. The molecule has 0 aliphatic carbocycles. The van der Waals surface area contributed by atoms with Gasteiger partial charge in [-0.2, -0.15) is 0 Å². The van der Waals surface area contributed by atoms with Crippen molar-refractivity contribution >= 4 is 18.0 Å². The van der Waals surface area contributed by atoms with E-state index in [1.165, 1.54) is 19.3 Å². The van der Waals surface area contributed by atoms with Crippen LogP contribution in [0.3, 0.4) is 0 Å². The van der Waals surface area contributed by atoms with Gasteiger partial charge in [0.1, 0.15) is 23.2 Å². The van der Waals surface area contributed by atoms with Gasteiger partial charge in [0.15, 0.2) is 0 Å². The van der Waals surface area contributed by atoms with Crippen LogP contribution < -0.4 is 10.1 Å². The van der Waals surface area contributed by atoms with E-state index in [4.69, 9.17) is 9.47 Å². The lowest BCUT2D eigenvalue weighted by molar-refractivity contribution is -0.116. The highest BCUT2D eigenvalue weighted by atomic mass is 16.5. The molecule has 0 unspecified atom stereocenters. The third-order valence-corrected chi connectivity index (χ3v) is 8.00. The Morgan fingerprint density at radius 1 is 1.14 bits per heavy atom. The van der Waals surface area contributed by atoms with Crippen molar-refractivity contribution in [2.24, 2.45) is 17.8 Å². The van der Waals surface area contributed by atoms with E-state index in [1.54, 1.807) is 12.1 Å². The van der Waals surface area contributed by atoms with Gasteiger partial charge in [0.25, 0.3) is 0 Å². The predicted molar refractivity (Wildman–Crippen MR) is 168 cm³/mol. The Bertz CT molecular complexity index is 1290. The van der Waals surface area contributed by atoms with E-state index in [9.17, 15) is 24.9 Å².